The first kappa shape index (κ1) is 13.2. The van der Waals surface area contributed by atoms with Gasteiger partial charge in [-0.3, -0.25) is 0 Å². The first-order chi connectivity index (χ1) is 9.65. The van der Waals surface area contributed by atoms with Crippen molar-refractivity contribution in [3.8, 4) is 11.4 Å². The van der Waals surface area contributed by atoms with Gasteiger partial charge in [-0.2, -0.15) is 4.98 Å². The minimum Gasteiger partial charge on any atom is -0.337 e. The van der Waals surface area contributed by atoms with Crippen molar-refractivity contribution >= 4 is 0 Å². The third-order valence-electron chi connectivity index (χ3n) is 3.92. The van der Waals surface area contributed by atoms with E-state index in [4.69, 9.17) is 4.52 Å². The highest BCUT2D eigenvalue weighted by Crippen LogP contribution is 2.29. The van der Waals surface area contributed by atoms with Crippen molar-refractivity contribution in [1.82, 2.24) is 15.5 Å². The van der Waals surface area contributed by atoms with Crippen molar-refractivity contribution in [3.05, 3.63) is 35.5 Å². The molecule has 3 rings (SSSR count). The molecule has 2 heterocycles. The van der Waals surface area contributed by atoms with Crippen LogP contribution < -0.4 is 5.32 Å². The molecule has 0 saturated carbocycles. The van der Waals surface area contributed by atoms with Crippen LogP contribution in [0.4, 0.5) is 4.39 Å². The maximum Gasteiger partial charge on any atom is 0.244 e. The summed E-state index contributed by atoms with van der Waals surface area (Å²) in [7, 11) is 0. The molecule has 1 saturated heterocycles. The zero-order valence-corrected chi connectivity index (χ0v) is 11.7. The summed E-state index contributed by atoms with van der Waals surface area (Å²) in [5.41, 5.74) is 1.62. The number of rotatable bonds is 2. The number of benzene rings is 1. The Morgan fingerprint density at radius 2 is 2.25 bits per heavy atom. The van der Waals surface area contributed by atoms with Gasteiger partial charge in [-0.05, 0) is 49.9 Å². The Morgan fingerprint density at radius 1 is 1.40 bits per heavy atom. The van der Waals surface area contributed by atoms with E-state index in [0.717, 1.165) is 18.5 Å². The molecule has 0 radical (unpaired) electrons. The van der Waals surface area contributed by atoms with E-state index >= 15 is 0 Å². The summed E-state index contributed by atoms with van der Waals surface area (Å²) in [5, 5.41) is 7.41. The Kier molecular flexibility index (Phi) is 3.53. The lowest BCUT2D eigenvalue weighted by Gasteiger charge is -2.26. The smallest absolute Gasteiger partial charge is 0.244 e. The molecule has 5 heteroatoms. The van der Waals surface area contributed by atoms with Crippen LogP contribution in [0.2, 0.25) is 0 Å². The standard InChI is InChI=1S/C15H18FN3O/c1-9-5-6-11(16)8-12(9)14-18-15(20-19-14)13-10(2)4-3-7-17-13/h5-6,8,10,13,17H,3-4,7H2,1-2H3. The zero-order chi connectivity index (χ0) is 14.1. The van der Waals surface area contributed by atoms with E-state index < -0.39 is 0 Å². The van der Waals surface area contributed by atoms with Crippen LogP contribution >= 0.6 is 0 Å². The lowest BCUT2D eigenvalue weighted by Crippen LogP contribution is -2.33. The first-order valence-electron chi connectivity index (χ1n) is 6.98. The normalized spacial score (nSPS) is 22.9. The first-order valence-corrected chi connectivity index (χ1v) is 6.98. The zero-order valence-electron chi connectivity index (χ0n) is 11.7. The minimum atomic E-state index is -0.291. The van der Waals surface area contributed by atoms with Gasteiger partial charge in [0, 0.05) is 5.56 Å². The molecule has 0 spiro atoms. The van der Waals surface area contributed by atoms with Crippen molar-refractivity contribution in [2.45, 2.75) is 32.7 Å². The molecule has 1 aliphatic rings. The van der Waals surface area contributed by atoms with Crippen molar-refractivity contribution < 1.29 is 8.91 Å². The number of aryl methyl sites for hydroxylation is 1. The molecule has 1 aromatic heterocycles. The molecule has 1 fully saturated rings. The average molecular weight is 275 g/mol. The highest BCUT2D eigenvalue weighted by molar-refractivity contribution is 5.59. The Hall–Kier alpha value is -1.75. The molecule has 2 aromatic rings. The second-order valence-corrected chi connectivity index (χ2v) is 5.47. The molecule has 0 bridgehead atoms. The summed E-state index contributed by atoms with van der Waals surface area (Å²) in [6, 6.07) is 4.70. The van der Waals surface area contributed by atoms with Gasteiger partial charge in [0.05, 0.1) is 6.04 Å². The summed E-state index contributed by atoms with van der Waals surface area (Å²) in [4.78, 5) is 4.45. The fraction of sp³-hybridized carbons (Fsp3) is 0.467. The fourth-order valence-electron chi connectivity index (χ4n) is 2.69. The topological polar surface area (TPSA) is 51.0 Å². The van der Waals surface area contributed by atoms with Crippen molar-refractivity contribution in [3.63, 3.8) is 0 Å². The highest BCUT2D eigenvalue weighted by Gasteiger charge is 2.27. The summed E-state index contributed by atoms with van der Waals surface area (Å²) in [6.07, 6.45) is 2.32. The molecule has 1 aliphatic heterocycles. The Bertz CT molecular complexity index is 611. The third kappa shape index (κ3) is 2.45. The van der Waals surface area contributed by atoms with Gasteiger partial charge in [-0.15, -0.1) is 0 Å². The highest BCUT2D eigenvalue weighted by atomic mass is 19.1. The summed E-state index contributed by atoms with van der Waals surface area (Å²) in [6.45, 7) is 5.05. The minimum absolute atomic E-state index is 0.0962. The SMILES string of the molecule is Cc1ccc(F)cc1-c1noc(C2NCCCC2C)n1. The maximum absolute atomic E-state index is 13.4. The number of hydrogen-bond donors (Lipinski definition) is 1. The lowest BCUT2D eigenvalue weighted by atomic mass is 9.93. The van der Waals surface area contributed by atoms with Crippen LogP contribution in [0.3, 0.4) is 0 Å². The molecule has 0 amide bonds. The van der Waals surface area contributed by atoms with Crippen molar-refractivity contribution in [1.29, 1.82) is 0 Å². The summed E-state index contributed by atoms with van der Waals surface area (Å²) >= 11 is 0. The number of halogens is 1. The molecular formula is C15H18FN3O. The van der Waals surface area contributed by atoms with E-state index in [0.29, 0.717) is 23.2 Å². The molecule has 0 aliphatic carbocycles. The van der Waals surface area contributed by atoms with Crippen LogP contribution in [0.15, 0.2) is 22.7 Å². The third-order valence-corrected chi connectivity index (χ3v) is 3.92. The van der Waals surface area contributed by atoms with E-state index in [2.05, 4.69) is 22.4 Å². The maximum atomic E-state index is 13.4. The van der Waals surface area contributed by atoms with Crippen LogP contribution in [0.25, 0.3) is 11.4 Å². The summed E-state index contributed by atoms with van der Waals surface area (Å²) in [5.74, 6) is 1.22. The van der Waals surface area contributed by atoms with Crippen LogP contribution in [0, 0.1) is 18.7 Å². The van der Waals surface area contributed by atoms with Gasteiger partial charge in [0.2, 0.25) is 11.7 Å². The van der Waals surface area contributed by atoms with E-state index in [9.17, 15) is 4.39 Å². The Morgan fingerprint density at radius 3 is 3.05 bits per heavy atom. The molecule has 1 N–H and O–H groups in total. The predicted octanol–water partition coefficient (Wildman–Crippen LogP) is 3.24. The number of piperidine rings is 1. The number of nitrogens with zero attached hydrogens (tertiary/aromatic N) is 2. The molecule has 4 nitrogen and oxygen atoms in total. The van der Waals surface area contributed by atoms with Gasteiger partial charge in [-0.25, -0.2) is 4.39 Å². The van der Waals surface area contributed by atoms with Crippen LogP contribution in [-0.4, -0.2) is 16.7 Å². The monoisotopic (exact) mass is 275 g/mol. The molecule has 20 heavy (non-hydrogen) atoms. The Balaban J connectivity index is 1.91. The lowest BCUT2D eigenvalue weighted by molar-refractivity contribution is 0.239. The number of hydrogen-bond acceptors (Lipinski definition) is 4. The van der Waals surface area contributed by atoms with Gasteiger partial charge in [-0.1, -0.05) is 18.1 Å². The predicted molar refractivity (Wildman–Crippen MR) is 73.6 cm³/mol. The second-order valence-electron chi connectivity index (χ2n) is 5.47. The van der Waals surface area contributed by atoms with Crippen molar-refractivity contribution in [2.75, 3.05) is 6.54 Å². The van der Waals surface area contributed by atoms with E-state index in [1.54, 1.807) is 6.07 Å². The van der Waals surface area contributed by atoms with E-state index in [1.807, 2.05) is 6.92 Å². The van der Waals surface area contributed by atoms with Crippen LogP contribution in [0.1, 0.15) is 37.3 Å². The molecule has 2 unspecified atom stereocenters. The largest absolute Gasteiger partial charge is 0.337 e. The average Bonchev–Trinajstić information content (AvgIpc) is 2.91. The molecule has 106 valence electrons. The number of nitrogens with one attached hydrogen (secondary N) is 1. The van der Waals surface area contributed by atoms with Gasteiger partial charge in [0.25, 0.3) is 0 Å². The van der Waals surface area contributed by atoms with Crippen LogP contribution in [-0.2, 0) is 0 Å². The van der Waals surface area contributed by atoms with Gasteiger partial charge in [0.15, 0.2) is 0 Å². The summed E-state index contributed by atoms with van der Waals surface area (Å²) < 4.78 is 18.7. The van der Waals surface area contributed by atoms with E-state index in [-0.39, 0.29) is 11.9 Å². The molecular weight excluding hydrogens is 257 g/mol. The quantitative estimate of drug-likeness (QED) is 0.914. The van der Waals surface area contributed by atoms with Crippen LogP contribution in [0.5, 0.6) is 0 Å². The van der Waals surface area contributed by atoms with Gasteiger partial charge < -0.3 is 9.84 Å². The van der Waals surface area contributed by atoms with Crippen molar-refractivity contribution in [2.24, 2.45) is 5.92 Å². The molecule has 1 aromatic carbocycles. The van der Waals surface area contributed by atoms with Gasteiger partial charge in [0.1, 0.15) is 5.82 Å². The van der Waals surface area contributed by atoms with Gasteiger partial charge >= 0.3 is 0 Å². The van der Waals surface area contributed by atoms with E-state index in [1.165, 1.54) is 18.6 Å². The number of aromatic nitrogens is 2. The second kappa shape index (κ2) is 5.32. The molecule has 2 atom stereocenters. The fourth-order valence-corrected chi connectivity index (χ4v) is 2.69. The Labute approximate surface area is 117 Å².